The number of Topliss-reactive ketones (excluding diaryl/α,β-unsaturated/α-hetero) is 1. The van der Waals surface area contributed by atoms with Gasteiger partial charge in [-0.2, -0.15) is 0 Å². The van der Waals surface area contributed by atoms with E-state index in [1.807, 2.05) is 24.3 Å². The molecule has 3 nitrogen and oxygen atoms in total. The Hall–Kier alpha value is -1.19. The van der Waals surface area contributed by atoms with E-state index < -0.39 is 0 Å². The highest BCUT2D eigenvalue weighted by molar-refractivity contribution is 5.97. The molecule has 0 saturated heterocycles. The summed E-state index contributed by atoms with van der Waals surface area (Å²) >= 11 is 0. The molecule has 0 aliphatic carbocycles. The Labute approximate surface area is 116 Å². The summed E-state index contributed by atoms with van der Waals surface area (Å²) in [6.45, 7) is 8.42. The van der Waals surface area contributed by atoms with E-state index in [1.165, 1.54) is 5.56 Å². The van der Waals surface area contributed by atoms with Crippen LogP contribution in [0.15, 0.2) is 24.3 Å². The second-order valence-corrected chi connectivity index (χ2v) is 5.77. The molecule has 0 radical (unpaired) electrons. The second kappa shape index (κ2) is 7.41. The number of methoxy groups -OCH3 is 1. The SMILES string of the molecule is COCCCNCC(=O)c1ccc(C(C)(C)C)cc1. The molecular formula is C16H25NO2. The van der Waals surface area contributed by atoms with Gasteiger partial charge in [0.05, 0.1) is 6.54 Å². The summed E-state index contributed by atoms with van der Waals surface area (Å²) in [4.78, 5) is 11.9. The van der Waals surface area contributed by atoms with E-state index in [9.17, 15) is 4.79 Å². The first kappa shape index (κ1) is 15.9. The van der Waals surface area contributed by atoms with Gasteiger partial charge in [-0.05, 0) is 23.9 Å². The van der Waals surface area contributed by atoms with Gasteiger partial charge in [0.1, 0.15) is 0 Å². The van der Waals surface area contributed by atoms with Gasteiger partial charge in [0.15, 0.2) is 5.78 Å². The highest BCUT2D eigenvalue weighted by Crippen LogP contribution is 2.22. The maximum atomic E-state index is 11.9. The van der Waals surface area contributed by atoms with Crippen LogP contribution >= 0.6 is 0 Å². The van der Waals surface area contributed by atoms with Crippen LogP contribution in [-0.2, 0) is 10.2 Å². The lowest BCUT2D eigenvalue weighted by Crippen LogP contribution is -2.24. The molecule has 0 bridgehead atoms. The number of benzene rings is 1. The van der Waals surface area contributed by atoms with Crippen molar-refractivity contribution >= 4 is 5.78 Å². The molecule has 0 unspecified atom stereocenters. The summed E-state index contributed by atoms with van der Waals surface area (Å²) in [7, 11) is 1.68. The maximum absolute atomic E-state index is 11.9. The van der Waals surface area contributed by atoms with Crippen molar-refractivity contribution in [3.63, 3.8) is 0 Å². The minimum atomic E-state index is 0.125. The van der Waals surface area contributed by atoms with Crippen molar-refractivity contribution in [3.8, 4) is 0 Å². The van der Waals surface area contributed by atoms with Crippen LogP contribution in [0.3, 0.4) is 0 Å². The first-order valence-electron chi connectivity index (χ1n) is 6.78. The van der Waals surface area contributed by atoms with Crippen LogP contribution in [0.2, 0.25) is 0 Å². The van der Waals surface area contributed by atoms with Crippen LogP contribution in [-0.4, -0.2) is 32.6 Å². The number of nitrogens with one attached hydrogen (secondary N) is 1. The first-order chi connectivity index (χ1) is 8.95. The Bertz CT molecular complexity index is 390. The van der Waals surface area contributed by atoms with Crippen LogP contribution in [0.5, 0.6) is 0 Å². The molecule has 0 heterocycles. The van der Waals surface area contributed by atoms with Gasteiger partial charge in [-0.1, -0.05) is 45.0 Å². The van der Waals surface area contributed by atoms with Crippen LogP contribution in [0.1, 0.15) is 43.1 Å². The van der Waals surface area contributed by atoms with Gasteiger partial charge < -0.3 is 10.1 Å². The highest BCUT2D eigenvalue weighted by Gasteiger charge is 2.14. The van der Waals surface area contributed by atoms with Crippen molar-refractivity contribution in [3.05, 3.63) is 35.4 Å². The molecule has 0 aliphatic heterocycles. The molecule has 0 fully saturated rings. The van der Waals surface area contributed by atoms with E-state index in [0.29, 0.717) is 6.54 Å². The monoisotopic (exact) mass is 263 g/mol. The Morgan fingerprint density at radius 2 is 1.84 bits per heavy atom. The van der Waals surface area contributed by atoms with Crippen molar-refractivity contribution in [1.29, 1.82) is 0 Å². The Morgan fingerprint density at radius 3 is 2.37 bits per heavy atom. The van der Waals surface area contributed by atoms with E-state index in [-0.39, 0.29) is 11.2 Å². The fraction of sp³-hybridized carbons (Fsp3) is 0.562. The molecule has 1 rings (SSSR count). The van der Waals surface area contributed by atoms with Gasteiger partial charge in [-0.3, -0.25) is 4.79 Å². The molecule has 0 aromatic heterocycles. The van der Waals surface area contributed by atoms with Crippen molar-refractivity contribution in [2.24, 2.45) is 0 Å². The summed E-state index contributed by atoms with van der Waals surface area (Å²) in [5, 5.41) is 3.13. The lowest BCUT2D eigenvalue weighted by Gasteiger charge is -2.19. The predicted molar refractivity (Wildman–Crippen MR) is 78.8 cm³/mol. The molecule has 0 amide bonds. The van der Waals surface area contributed by atoms with E-state index in [2.05, 4.69) is 26.1 Å². The molecule has 1 aromatic rings. The Kier molecular flexibility index (Phi) is 6.19. The summed E-state index contributed by atoms with van der Waals surface area (Å²) in [5.41, 5.74) is 2.14. The average molecular weight is 263 g/mol. The van der Waals surface area contributed by atoms with E-state index in [4.69, 9.17) is 4.74 Å². The van der Waals surface area contributed by atoms with Gasteiger partial charge in [0, 0.05) is 19.3 Å². The van der Waals surface area contributed by atoms with Crippen LogP contribution in [0, 0.1) is 0 Å². The minimum Gasteiger partial charge on any atom is -0.385 e. The first-order valence-corrected chi connectivity index (χ1v) is 6.78. The third-order valence-corrected chi connectivity index (χ3v) is 3.06. The molecule has 1 aromatic carbocycles. The third-order valence-electron chi connectivity index (χ3n) is 3.06. The van der Waals surface area contributed by atoms with Gasteiger partial charge in [-0.25, -0.2) is 0 Å². The van der Waals surface area contributed by atoms with Crippen LogP contribution < -0.4 is 5.32 Å². The fourth-order valence-corrected chi connectivity index (χ4v) is 1.80. The summed E-state index contributed by atoms with van der Waals surface area (Å²) in [6.07, 6.45) is 0.923. The lowest BCUT2D eigenvalue weighted by atomic mass is 9.86. The number of ketones is 1. The summed E-state index contributed by atoms with van der Waals surface area (Å²) < 4.78 is 4.95. The molecular weight excluding hydrogens is 238 g/mol. The van der Waals surface area contributed by atoms with Crippen molar-refractivity contribution in [1.82, 2.24) is 5.32 Å². The molecule has 106 valence electrons. The Morgan fingerprint density at radius 1 is 1.21 bits per heavy atom. The zero-order chi connectivity index (χ0) is 14.3. The number of hydrogen-bond donors (Lipinski definition) is 1. The maximum Gasteiger partial charge on any atom is 0.176 e. The highest BCUT2D eigenvalue weighted by atomic mass is 16.5. The summed E-state index contributed by atoms with van der Waals surface area (Å²) in [6, 6.07) is 7.91. The van der Waals surface area contributed by atoms with Crippen LogP contribution in [0.25, 0.3) is 0 Å². The van der Waals surface area contributed by atoms with Gasteiger partial charge in [0.2, 0.25) is 0 Å². The molecule has 1 N–H and O–H groups in total. The zero-order valence-corrected chi connectivity index (χ0v) is 12.5. The van der Waals surface area contributed by atoms with Gasteiger partial charge >= 0.3 is 0 Å². The normalized spacial score (nSPS) is 11.6. The molecule has 0 spiro atoms. The molecule has 3 heteroatoms. The average Bonchev–Trinajstić information content (AvgIpc) is 2.37. The standard InChI is InChI=1S/C16H25NO2/c1-16(2,3)14-8-6-13(7-9-14)15(18)12-17-10-5-11-19-4/h6-9,17H,5,10-12H2,1-4H3. The number of ether oxygens (including phenoxy) is 1. The van der Waals surface area contributed by atoms with E-state index in [1.54, 1.807) is 7.11 Å². The van der Waals surface area contributed by atoms with Gasteiger partial charge in [0.25, 0.3) is 0 Å². The van der Waals surface area contributed by atoms with Crippen molar-refractivity contribution in [2.45, 2.75) is 32.6 Å². The summed E-state index contributed by atoms with van der Waals surface area (Å²) in [5.74, 6) is 0.137. The topological polar surface area (TPSA) is 38.3 Å². The van der Waals surface area contributed by atoms with Crippen LogP contribution in [0.4, 0.5) is 0 Å². The molecule has 0 aliphatic rings. The fourth-order valence-electron chi connectivity index (χ4n) is 1.80. The molecule has 19 heavy (non-hydrogen) atoms. The van der Waals surface area contributed by atoms with E-state index >= 15 is 0 Å². The van der Waals surface area contributed by atoms with E-state index in [0.717, 1.165) is 25.1 Å². The predicted octanol–water partition coefficient (Wildman–Crippen LogP) is 2.79. The third kappa shape index (κ3) is 5.53. The molecule has 0 atom stereocenters. The van der Waals surface area contributed by atoms with Gasteiger partial charge in [-0.15, -0.1) is 0 Å². The smallest absolute Gasteiger partial charge is 0.176 e. The second-order valence-electron chi connectivity index (χ2n) is 5.77. The minimum absolute atomic E-state index is 0.125. The number of hydrogen-bond acceptors (Lipinski definition) is 3. The zero-order valence-electron chi connectivity index (χ0n) is 12.5. The lowest BCUT2D eigenvalue weighted by molar-refractivity contribution is 0.0990. The molecule has 0 saturated carbocycles. The number of carbonyl (C=O) groups excluding carboxylic acids is 1. The van der Waals surface area contributed by atoms with Crippen molar-refractivity contribution < 1.29 is 9.53 Å². The quantitative estimate of drug-likeness (QED) is 0.607. The number of carbonyl (C=O) groups is 1. The largest absolute Gasteiger partial charge is 0.385 e. The van der Waals surface area contributed by atoms with Crippen molar-refractivity contribution in [2.75, 3.05) is 26.8 Å². The number of rotatable bonds is 7. The Balaban J connectivity index is 2.45.